The van der Waals surface area contributed by atoms with Crippen LogP contribution in [-0.4, -0.2) is 9.97 Å². The number of nitrogens with zero attached hydrogens (tertiary/aromatic N) is 2. The molecule has 1 aliphatic rings. The molecule has 0 saturated heterocycles. The molecule has 116 valence electrons. The number of hydrogen-bond donors (Lipinski definition) is 0. The lowest BCUT2D eigenvalue weighted by Crippen LogP contribution is -2.11. The first-order chi connectivity index (χ1) is 11.2. The zero-order chi connectivity index (χ0) is 15.8. The molecular weight excluding hydrogens is 284 g/mol. The van der Waals surface area contributed by atoms with Crippen molar-refractivity contribution in [1.29, 1.82) is 0 Å². The fraction of sp³-hybridized carbons (Fsp3) is 0.300. The van der Waals surface area contributed by atoms with Gasteiger partial charge in [0.05, 0.1) is 5.69 Å². The summed E-state index contributed by atoms with van der Waals surface area (Å²) in [7, 11) is 0. The van der Waals surface area contributed by atoms with E-state index in [0.717, 1.165) is 36.4 Å². The van der Waals surface area contributed by atoms with E-state index < -0.39 is 0 Å². The van der Waals surface area contributed by atoms with Crippen molar-refractivity contribution < 1.29 is 4.42 Å². The van der Waals surface area contributed by atoms with Gasteiger partial charge in [0.15, 0.2) is 0 Å². The highest BCUT2D eigenvalue weighted by Gasteiger charge is 2.25. The topological polar surface area (TPSA) is 38.9 Å². The molecule has 0 amide bonds. The third kappa shape index (κ3) is 2.79. The van der Waals surface area contributed by atoms with Gasteiger partial charge in [0.25, 0.3) is 0 Å². The Balaban J connectivity index is 1.63. The van der Waals surface area contributed by atoms with Crippen molar-refractivity contribution in [3.63, 3.8) is 0 Å². The molecule has 2 heterocycles. The Bertz CT molecular complexity index is 850. The maximum Gasteiger partial charge on any atom is 0.245 e. The lowest BCUT2D eigenvalue weighted by atomic mass is 9.84. The zero-order valence-corrected chi connectivity index (χ0v) is 13.5. The molecule has 0 N–H and O–H groups in total. The van der Waals surface area contributed by atoms with Gasteiger partial charge in [-0.05, 0) is 55.9 Å². The summed E-state index contributed by atoms with van der Waals surface area (Å²) < 4.78 is 6.06. The maximum atomic E-state index is 6.06. The van der Waals surface area contributed by atoms with E-state index in [1.165, 1.54) is 16.7 Å². The Morgan fingerprint density at radius 2 is 1.96 bits per heavy atom. The van der Waals surface area contributed by atoms with Crippen LogP contribution in [0.5, 0.6) is 0 Å². The molecule has 3 aromatic rings. The van der Waals surface area contributed by atoms with Gasteiger partial charge in [0, 0.05) is 12.6 Å². The van der Waals surface area contributed by atoms with Crippen LogP contribution in [0.25, 0.3) is 11.6 Å². The Morgan fingerprint density at radius 1 is 1.09 bits per heavy atom. The molecule has 0 bridgehead atoms. The second-order valence-corrected chi connectivity index (χ2v) is 6.46. The molecule has 1 atom stereocenters. The quantitative estimate of drug-likeness (QED) is 0.693. The first kappa shape index (κ1) is 14.2. The summed E-state index contributed by atoms with van der Waals surface area (Å²) in [6.07, 6.45) is 4.84. The Morgan fingerprint density at radius 3 is 2.78 bits per heavy atom. The van der Waals surface area contributed by atoms with Crippen molar-refractivity contribution in [2.75, 3.05) is 0 Å². The van der Waals surface area contributed by atoms with Gasteiger partial charge < -0.3 is 4.42 Å². The highest BCUT2D eigenvalue weighted by molar-refractivity contribution is 5.49. The van der Waals surface area contributed by atoms with Gasteiger partial charge in [-0.3, -0.25) is 4.98 Å². The monoisotopic (exact) mass is 304 g/mol. The van der Waals surface area contributed by atoms with Crippen molar-refractivity contribution in [2.45, 2.75) is 39.0 Å². The van der Waals surface area contributed by atoms with Gasteiger partial charge in [0.2, 0.25) is 5.89 Å². The second-order valence-electron chi connectivity index (χ2n) is 6.46. The van der Waals surface area contributed by atoms with Gasteiger partial charge in [-0.25, -0.2) is 4.98 Å². The summed E-state index contributed by atoms with van der Waals surface area (Å²) in [6.45, 7) is 4.20. The van der Waals surface area contributed by atoms with Crippen molar-refractivity contribution in [2.24, 2.45) is 0 Å². The van der Waals surface area contributed by atoms with E-state index in [4.69, 9.17) is 4.42 Å². The van der Waals surface area contributed by atoms with E-state index in [0.29, 0.717) is 11.8 Å². The summed E-state index contributed by atoms with van der Waals surface area (Å²) in [5, 5.41) is 0. The van der Waals surface area contributed by atoms with Crippen LogP contribution < -0.4 is 0 Å². The van der Waals surface area contributed by atoms with Gasteiger partial charge in [-0.15, -0.1) is 0 Å². The molecule has 0 spiro atoms. The minimum atomic E-state index is 0.522. The van der Waals surface area contributed by atoms with Crippen LogP contribution >= 0.6 is 0 Å². The van der Waals surface area contributed by atoms with Crippen molar-refractivity contribution in [3.8, 4) is 11.6 Å². The summed E-state index contributed by atoms with van der Waals surface area (Å²) in [4.78, 5) is 9.06. The van der Waals surface area contributed by atoms with E-state index in [-0.39, 0.29) is 0 Å². The molecule has 0 fully saturated rings. The lowest BCUT2D eigenvalue weighted by Gasteiger charge is -2.20. The average molecular weight is 304 g/mol. The Labute approximate surface area is 136 Å². The summed E-state index contributed by atoms with van der Waals surface area (Å²) in [6, 6.07) is 12.8. The smallest absolute Gasteiger partial charge is 0.245 e. The predicted molar refractivity (Wildman–Crippen MR) is 90.4 cm³/mol. The van der Waals surface area contributed by atoms with Crippen LogP contribution in [0.3, 0.4) is 0 Å². The van der Waals surface area contributed by atoms with E-state index in [2.05, 4.69) is 48.1 Å². The molecule has 3 heteroatoms. The third-order valence-corrected chi connectivity index (χ3v) is 4.59. The van der Waals surface area contributed by atoms with Crippen LogP contribution in [-0.2, 0) is 12.8 Å². The molecule has 0 saturated carbocycles. The van der Waals surface area contributed by atoms with Crippen LogP contribution in [0.1, 0.15) is 40.5 Å². The molecule has 1 aromatic carbocycles. The number of benzene rings is 1. The number of oxazole rings is 1. The number of aromatic nitrogens is 2. The van der Waals surface area contributed by atoms with Crippen LogP contribution in [0.4, 0.5) is 0 Å². The van der Waals surface area contributed by atoms with Gasteiger partial charge in [0.1, 0.15) is 11.5 Å². The fourth-order valence-corrected chi connectivity index (χ4v) is 3.35. The normalized spacial score (nSPS) is 17.0. The second kappa shape index (κ2) is 5.65. The molecule has 23 heavy (non-hydrogen) atoms. The molecule has 3 nitrogen and oxygen atoms in total. The van der Waals surface area contributed by atoms with Crippen molar-refractivity contribution in [3.05, 3.63) is 70.7 Å². The number of pyridine rings is 1. The SMILES string of the molecule is Cc1cccc(C2CCc3nc(-c4cc(C)ccn4)oc3C2)c1. The van der Waals surface area contributed by atoms with E-state index in [1.54, 1.807) is 0 Å². The average Bonchev–Trinajstić information content (AvgIpc) is 2.98. The fourth-order valence-electron chi connectivity index (χ4n) is 3.35. The lowest BCUT2D eigenvalue weighted by molar-refractivity contribution is 0.457. The van der Waals surface area contributed by atoms with E-state index in [1.807, 2.05) is 18.3 Å². The van der Waals surface area contributed by atoms with Crippen LogP contribution in [0, 0.1) is 13.8 Å². The molecule has 4 rings (SSSR count). The number of aryl methyl sites for hydroxylation is 3. The molecule has 0 radical (unpaired) electrons. The number of fused-ring (bicyclic) bond motifs is 1. The Kier molecular flexibility index (Phi) is 3.49. The zero-order valence-electron chi connectivity index (χ0n) is 13.5. The van der Waals surface area contributed by atoms with Gasteiger partial charge in [-0.2, -0.15) is 0 Å². The van der Waals surface area contributed by atoms with Crippen LogP contribution in [0.2, 0.25) is 0 Å². The molecule has 1 unspecified atom stereocenters. The highest BCUT2D eigenvalue weighted by atomic mass is 16.4. The molecule has 1 aliphatic carbocycles. The Hall–Kier alpha value is -2.42. The number of hydrogen-bond acceptors (Lipinski definition) is 3. The first-order valence-electron chi connectivity index (χ1n) is 8.17. The molecule has 0 aliphatic heterocycles. The third-order valence-electron chi connectivity index (χ3n) is 4.59. The maximum absolute atomic E-state index is 6.06. The van der Waals surface area contributed by atoms with E-state index >= 15 is 0 Å². The first-order valence-corrected chi connectivity index (χ1v) is 8.17. The summed E-state index contributed by atoms with van der Waals surface area (Å²) >= 11 is 0. The molecular formula is C20H20N2O. The van der Waals surface area contributed by atoms with E-state index in [9.17, 15) is 0 Å². The summed E-state index contributed by atoms with van der Waals surface area (Å²) in [5.74, 6) is 2.21. The molecule has 2 aromatic heterocycles. The largest absolute Gasteiger partial charge is 0.440 e. The van der Waals surface area contributed by atoms with Crippen LogP contribution in [0.15, 0.2) is 47.0 Å². The van der Waals surface area contributed by atoms with Crippen molar-refractivity contribution >= 4 is 0 Å². The predicted octanol–water partition coefficient (Wildman–Crippen LogP) is 4.63. The standard InChI is InChI=1S/C20H20N2O/c1-13-4-3-5-15(10-13)16-6-7-17-19(12-16)23-20(22-17)18-11-14(2)8-9-21-18/h3-5,8-11,16H,6-7,12H2,1-2H3. The summed E-state index contributed by atoms with van der Waals surface area (Å²) in [5.41, 5.74) is 5.82. The highest BCUT2D eigenvalue weighted by Crippen LogP contribution is 2.34. The minimum Gasteiger partial charge on any atom is -0.440 e. The van der Waals surface area contributed by atoms with Gasteiger partial charge >= 0.3 is 0 Å². The number of rotatable bonds is 2. The van der Waals surface area contributed by atoms with Gasteiger partial charge in [-0.1, -0.05) is 29.8 Å². The minimum absolute atomic E-state index is 0.522. The van der Waals surface area contributed by atoms with Crippen molar-refractivity contribution in [1.82, 2.24) is 9.97 Å².